The number of nitrogens with one attached hydrogen (secondary N) is 1. The largest absolute Gasteiger partial charge is 0.374 e. The molecule has 0 radical (unpaired) electrons. The SMILES string of the molecule is CCC(NC)c1ccc(N(C)CC2CC2C)cc1. The van der Waals surface area contributed by atoms with Crippen LogP contribution in [0.1, 0.15) is 38.3 Å². The van der Waals surface area contributed by atoms with Crippen molar-refractivity contribution in [2.24, 2.45) is 11.8 Å². The Labute approximate surface area is 111 Å². The second-order valence-electron chi connectivity index (χ2n) is 5.69. The molecule has 18 heavy (non-hydrogen) atoms. The Morgan fingerprint density at radius 1 is 1.33 bits per heavy atom. The Bertz CT molecular complexity index is 367. The summed E-state index contributed by atoms with van der Waals surface area (Å²) in [5, 5.41) is 3.35. The highest BCUT2D eigenvalue weighted by atomic mass is 15.1. The number of nitrogens with zero attached hydrogens (tertiary/aromatic N) is 1. The minimum Gasteiger partial charge on any atom is -0.374 e. The van der Waals surface area contributed by atoms with Crippen LogP contribution < -0.4 is 10.2 Å². The molecule has 0 bridgehead atoms. The van der Waals surface area contributed by atoms with Gasteiger partial charge in [0.2, 0.25) is 0 Å². The van der Waals surface area contributed by atoms with Crippen molar-refractivity contribution in [3.8, 4) is 0 Å². The summed E-state index contributed by atoms with van der Waals surface area (Å²) in [5.41, 5.74) is 2.72. The lowest BCUT2D eigenvalue weighted by Gasteiger charge is -2.21. The van der Waals surface area contributed by atoms with Crippen LogP contribution in [0.25, 0.3) is 0 Å². The smallest absolute Gasteiger partial charge is 0.0363 e. The van der Waals surface area contributed by atoms with Gasteiger partial charge in [0, 0.05) is 25.3 Å². The molecule has 1 saturated carbocycles. The third-order valence-corrected chi connectivity index (χ3v) is 4.28. The van der Waals surface area contributed by atoms with E-state index < -0.39 is 0 Å². The fourth-order valence-electron chi connectivity index (χ4n) is 2.68. The van der Waals surface area contributed by atoms with E-state index in [2.05, 4.69) is 55.4 Å². The Hall–Kier alpha value is -1.02. The van der Waals surface area contributed by atoms with Gasteiger partial charge in [0.05, 0.1) is 0 Å². The Morgan fingerprint density at radius 2 is 1.94 bits per heavy atom. The highest BCUT2D eigenvalue weighted by molar-refractivity contribution is 5.47. The molecule has 1 aromatic rings. The number of hydrogen-bond donors (Lipinski definition) is 1. The van der Waals surface area contributed by atoms with Crippen LogP contribution in [0, 0.1) is 11.8 Å². The third-order valence-electron chi connectivity index (χ3n) is 4.28. The maximum Gasteiger partial charge on any atom is 0.0363 e. The third kappa shape index (κ3) is 3.05. The molecule has 3 atom stereocenters. The van der Waals surface area contributed by atoms with Gasteiger partial charge in [-0.15, -0.1) is 0 Å². The molecule has 0 aliphatic heterocycles. The van der Waals surface area contributed by atoms with E-state index in [1.54, 1.807) is 0 Å². The molecule has 100 valence electrons. The minimum absolute atomic E-state index is 0.479. The lowest BCUT2D eigenvalue weighted by atomic mass is 10.0. The van der Waals surface area contributed by atoms with Gasteiger partial charge < -0.3 is 10.2 Å². The van der Waals surface area contributed by atoms with Crippen molar-refractivity contribution in [1.82, 2.24) is 5.32 Å². The van der Waals surface area contributed by atoms with Crippen molar-refractivity contribution in [2.75, 3.05) is 25.5 Å². The van der Waals surface area contributed by atoms with E-state index in [1.165, 1.54) is 24.2 Å². The van der Waals surface area contributed by atoms with Gasteiger partial charge in [0.1, 0.15) is 0 Å². The average Bonchev–Trinajstić information content (AvgIpc) is 3.07. The molecule has 0 aromatic heterocycles. The molecule has 2 nitrogen and oxygen atoms in total. The first kappa shape index (κ1) is 13.4. The number of hydrogen-bond acceptors (Lipinski definition) is 2. The number of rotatable bonds is 6. The van der Waals surface area contributed by atoms with Crippen LogP contribution in [0.4, 0.5) is 5.69 Å². The topological polar surface area (TPSA) is 15.3 Å². The van der Waals surface area contributed by atoms with Crippen LogP contribution in [0.3, 0.4) is 0 Å². The van der Waals surface area contributed by atoms with Crippen LogP contribution in [0.15, 0.2) is 24.3 Å². The maximum atomic E-state index is 3.35. The molecular formula is C16H26N2. The predicted octanol–water partition coefficient (Wildman–Crippen LogP) is 3.45. The number of benzene rings is 1. The van der Waals surface area contributed by atoms with Gasteiger partial charge in [0.25, 0.3) is 0 Å². The predicted molar refractivity (Wildman–Crippen MR) is 79.1 cm³/mol. The van der Waals surface area contributed by atoms with Gasteiger partial charge in [-0.25, -0.2) is 0 Å². The molecule has 1 aromatic carbocycles. The van der Waals surface area contributed by atoms with E-state index in [-0.39, 0.29) is 0 Å². The molecule has 0 spiro atoms. The van der Waals surface area contributed by atoms with E-state index >= 15 is 0 Å². The maximum absolute atomic E-state index is 3.35. The van der Waals surface area contributed by atoms with Gasteiger partial charge in [-0.05, 0) is 49.4 Å². The van der Waals surface area contributed by atoms with Crippen LogP contribution >= 0.6 is 0 Å². The highest BCUT2D eigenvalue weighted by Gasteiger charge is 2.33. The summed E-state index contributed by atoms with van der Waals surface area (Å²) < 4.78 is 0. The van der Waals surface area contributed by atoms with Crippen LogP contribution in [-0.2, 0) is 0 Å². The molecule has 2 rings (SSSR count). The zero-order chi connectivity index (χ0) is 13.1. The summed E-state index contributed by atoms with van der Waals surface area (Å²) in [4.78, 5) is 2.39. The molecule has 1 N–H and O–H groups in total. The van der Waals surface area contributed by atoms with Crippen LogP contribution in [0.2, 0.25) is 0 Å². The second-order valence-corrected chi connectivity index (χ2v) is 5.69. The van der Waals surface area contributed by atoms with Crippen molar-refractivity contribution in [3.63, 3.8) is 0 Å². The van der Waals surface area contributed by atoms with Gasteiger partial charge >= 0.3 is 0 Å². The zero-order valence-corrected chi connectivity index (χ0v) is 12.1. The first-order chi connectivity index (χ1) is 8.65. The number of anilines is 1. The Balaban J connectivity index is 1.97. The monoisotopic (exact) mass is 246 g/mol. The molecule has 0 heterocycles. The van der Waals surface area contributed by atoms with Gasteiger partial charge in [0.15, 0.2) is 0 Å². The molecule has 1 aliphatic rings. The molecule has 0 amide bonds. The van der Waals surface area contributed by atoms with Crippen molar-refractivity contribution >= 4 is 5.69 Å². The normalized spacial score (nSPS) is 23.8. The summed E-state index contributed by atoms with van der Waals surface area (Å²) in [6.07, 6.45) is 2.53. The summed E-state index contributed by atoms with van der Waals surface area (Å²) in [7, 11) is 4.23. The summed E-state index contributed by atoms with van der Waals surface area (Å²) in [5.74, 6) is 1.84. The summed E-state index contributed by atoms with van der Waals surface area (Å²) >= 11 is 0. The first-order valence-electron chi connectivity index (χ1n) is 7.14. The Morgan fingerprint density at radius 3 is 2.39 bits per heavy atom. The fraction of sp³-hybridized carbons (Fsp3) is 0.625. The van der Waals surface area contributed by atoms with Crippen molar-refractivity contribution < 1.29 is 0 Å². The quantitative estimate of drug-likeness (QED) is 0.827. The minimum atomic E-state index is 0.479. The Kier molecular flexibility index (Phi) is 4.28. The van der Waals surface area contributed by atoms with E-state index in [0.717, 1.165) is 18.3 Å². The van der Waals surface area contributed by atoms with Crippen molar-refractivity contribution in [3.05, 3.63) is 29.8 Å². The van der Waals surface area contributed by atoms with Crippen LogP contribution in [0.5, 0.6) is 0 Å². The average molecular weight is 246 g/mol. The highest BCUT2D eigenvalue weighted by Crippen LogP contribution is 2.38. The molecular weight excluding hydrogens is 220 g/mol. The zero-order valence-electron chi connectivity index (χ0n) is 12.1. The molecule has 1 aliphatic carbocycles. The summed E-state index contributed by atoms with van der Waals surface area (Å²) in [6.45, 7) is 5.76. The van der Waals surface area contributed by atoms with E-state index in [0.29, 0.717) is 6.04 Å². The van der Waals surface area contributed by atoms with Gasteiger partial charge in [-0.1, -0.05) is 26.0 Å². The van der Waals surface area contributed by atoms with Crippen molar-refractivity contribution in [1.29, 1.82) is 0 Å². The molecule has 1 fully saturated rings. The van der Waals surface area contributed by atoms with Gasteiger partial charge in [-0.2, -0.15) is 0 Å². The fourth-order valence-corrected chi connectivity index (χ4v) is 2.68. The van der Waals surface area contributed by atoms with E-state index in [4.69, 9.17) is 0 Å². The second kappa shape index (κ2) is 5.75. The van der Waals surface area contributed by atoms with E-state index in [1.807, 2.05) is 7.05 Å². The van der Waals surface area contributed by atoms with Crippen molar-refractivity contribution in [2.45, 2.75) is 32.7 Å². The molecule has 3 unspecified atom stereocenters. The first-order valence-corrected chi connectivity index (χ1v) is 7.14. The molecule has 2 heteroatoms. The van der Waals surface area contributed by atoms with Gasteiger partial charge in [-0.3, -0.25) is 0 Å². The lowest BCUT2D eigenvalue weighted by molar-refractivity contribution is 0.577. The molecule has 0 saturated heterocycles. The van der Waals surface area contributed by atoms with Crippen LogP contribution in [-0.4, -0.2) is 20.6 Å². The lowest BCUT2D eigenvalue weighted by Crippen LogP contribution is -2.20. The summed E-state index contributed by atoms with van der Waals surface area (Å²) in [6, 6.07) is 9.50. The van der Waals surface area contributed by atoms with E-state index in [9.17, 15) is 0 Å². The standard InChI is InChI=1S/C16H26N2/c1-5-16(17-3)13-6-8-15(9-7-13)18(4)11-14-10-12(14)2/h6-9,12,14,16-17H,5,10-11H2,1-4H3.